The van der Waals surface area contributed by atoms with Crippen LogP contribution in [0.25, 0.3) is 0 Å². The number of anilines is 1. The quantitative estimate of drug-likeness (QED) is 0.849. The van der Waals surface area contributed by atoms with Gasteiger partial charge in [-0.15, -0.1) is 0 Å². The molecule has 0 saturated carbocycles. The van der Waals surface area contributed by atoms with Gasteiger partial charge in [-0.25, -0.2) is 4.98 Å². The Kier molecular flexibility index (Phi) is 3.44. The molecule has 1 aliphatic heterocycles. The number of nitrogen functional groups attached to an aromatic ring is 1. The second-order valence-electron chi connectivity index (χ2n) is 4.66. The van der Waals surface area contributed by atoms with E-state index in [1.807, 2.05) is 13.1 Å². The fraction of sp³-hybridized carbons (Fsp3) is 0.615. The number of nitrogens with two attached hydrogens (primary N) is 1. The average Bonchev–Trinajstić information content (AvgIpc) is 2.71. The molecule has 0 spiro atoms. The third kappa shape index (κ3) is 2.19. The van der Waals surface area contributed by atoms with Crippen molar-refractivity contribution in [3.05, 3.63) is 23.4 Å². The lowest BCUT2D eigenvalue weighted by molar-refractivity contribution is 0.257. The molecule has 88 valence electrons. The predicted molar refractivity (Wildman–Crippen MR) is 67.2 cm³/mol. The van der Waals surface area contributed by atoms with Gasteiger partial charge >= 0.3 is 0 Å². The highest BCUT2D eigenvalue weighted by atomic mass is 15.2. The Balaban J connectivity index is 2.19. The van der Waals surface area contributed by atoms with Crippen molar-refractivity contribution in [2.24, 2.45) is 0 Å². The minimum absolute atomic E-state index is 0.562. The molecule has 0 amide bonds. The summed E-state index contributed by atoms with van der Waals surface area (Å²) in [6.45, 7) is 6.68. The smallest absolute Gasteiger partial charge is 0.126 e. The van der Waals surface area contributed by atoms with Crippen LogP contribution >= 0.6 is 0 Å². The van der Waals surface area contributed by atoms with Crippen LogP contribution in [0.2, 0.25) is 0 Å². The van der Waals surface area contributed by atoms with Gasteiger partial charge in [0.15, 0.2) is 0 Å². The van der Waals surface area contributed by atoms with Crippen molar-refractivity contribution in [2.45, 2.75) is 39.2 Å². The summed E-state index contributed by atoms with van der Waals surface area (Å²) in [5.41, 5.74) is 8.19. The third-order valence-corrected chi connectivity index (χ3v) is 3.40. The molecule has 16 heavy (non-hydrogen) atoms. The fourth-order valence-electron chi connectivity index (χ4n) is 2.55. The van der Waals surface area contributed by atoms with Crippen molar-refractivity contribution < 1.29 is 0 Å². The van der Waals surface area contributed by atoms with Crippen LogP contribution in [0.3, 0.4) is 0 Å². The first-order chi connectivity index (χ1) is 7.72. The molecule has 1 aromatic heterocycles. The maximum atomic E-state index is 5.76. The number of pyridine rings is 1. The molecule has 0 bridgehead atoms. The van der Waals surface area contributed by atoms with Gasteiger partial charge in [0, 0.05) is 12.2 Å². The summed E-state index contributed by atoms with van der Waals surface area (Å²) < 4.78 is 0. The molecular weight excluding hydrogens is 198 g/mol. The van der Waals surface area contributed by atoms with E-state index in [-0.39, 0.29) is 0 Å². The molecule has 0 aromatic carbocycles. The number of aromatic nitrogens is 1. The zero-order chi connectivity index (χ0) is 11.5. The fourth-order valence-corrected chi connectivity index (χ4v) is 2.55. The summed E-state index contributed by atoms with van der Waals surface area (Å²) >= 11 is 0. The van der Waals surface area contributed by atoms with Crippen LogP contribution in [0, 0.1) is 6.92 Å². The molecule has 3 heteroatoms. The summed E-state index contributed by atoms with van der Waals surface area (Å²) in [6, 6.07) is 2.76. The lowest BCUT2D eigenvalue weighted by Crippen LogP contribution is -2.24. The van der Waals surface area contributed by atoms with E-state index in [2.05, 4.69) is 22.9 Å². The Morgan fingerprint density at radius 1 is 1.56 bits per heavy atom. The Bertz CT molecular complexity index is 362. The molecule has 1 fully saturated rings. The molecular formula is C13H21N3. The second-order valence-corrected chi connectivity index (χ2v) is 4.66. The van der Waals surface area contributed by atoms with Gasteiger partial charge in [-0.1, -0.05) is 6.92 Å². The molecule has 0 radical (unpaired) electrons. The molecule has 2 N–H and O–H groups in total. The van der Waals surface area contributed by atoms with Crippen molar-refractivity contribution in [3.8, 4) is 0 Å². The highest BCUT2D eigenvalue weighted by molar-refractivity contribution is 5.40. The largest absolute Gasteiger partial charge is 0.383 e. The number of hydrogen-bond acceptors (Lipinski definition) is 3. The number of likely N-dealkylation sites (tertiary alicyclic amines) is 1. The van der Waals surface area contributed by atoms with Crippen LogP contribution in [0.4, 0.5) is 5.82 Å². The van der Waals surface area contributed by atoms with Gasteiger partial charge in [-0.3, -0.25) is 4.90 Å². The van der Waals surface area contributed by atoms with Crippen LogP contribution in [0.1, 0.15) is 43.4 Å². The molecule has 2 heterocycles. The Morgan fingerprint density at radius 3 is 3.06 bits per heavy atom. The number of rotatable bonds is 3. The van der Waals surface area contributed by atoms with Crippen LogP contribution < -0.4 is 5.73 Å². The Hall–Kier alpha value is -1.09. The topological polar surface area (TPSA) is 42.2 Å². The lowest BCUT2D eigenvalue weighted by atomic mass is 10.0. The summed E-state index contributed by atoms with van der Waals surface area (Å²) in [4.78, 5) is 6.83. The molecule has 1 aliphatic rings. The zero-order valence-electron chi connectivity index (χ0n) is 10.2. The normalized spacial score (nSPS) is 21.5. The van der Waals surface area contributed by atoms with Crippen molar-refractivity contribution in [1.82, 2.24) is 9.88 Å². The molecule has 1 aromatic rings. The van der Waals surface area contributed by atoms with Gasteiger partial charge in [0.1, 0.15) is 5.82 Å². The van der Waals surface area contributed by atoms with Crippen molar-refractivity contribution in [1.29, 1.82) is 0 Å². The van der Waals surface area contributed by atoms with Crippen molar-refractivity contribution in [2.75, 3.05) is 18.8 Å². The van der Waals surface area contributed by atoms with E-state index in [0.717, 1.165) is 5.56 Å². The Morgan fingerprint density at radius 2 is 2.38 bits per heavy atom. The van der Waals surface area contributed by atoms with E-state index >= 15 is 0 Å². The number of nitrogens with zero attached hydrogens (tertiary/aromatic N) is 2. The number of hydrogen-bond donors (Lipinski definition) is 1. The minimum Gasteiger partial charge on any atom is -0.383 e. The van der Waals surface area contributed by atoms with Crippen LogP contribution in [-0.4, -0.2) is 23.0 Å². The molecule has 1 atom stereocenters. The third-order valence-electron chi connectivity index (χ3n) is 3.40. The highest BCUT2D eigenvalue weighted by Crippen LogP contribution is 2.32. The molecule has 2 rings (SSSR count). The highest BCUT2D eigenvalue weighted by Gasteiger charge is 2.25. The standard InChI is InChI=1S/C13H21N3/c1-3-6-16-7-4-5-12(16)11-8-10(2)13(14)15-9-11/h8-9,12H,3-7H2,1-2H3,(H2,14,15)/t12-/m0/s1. The molecule has 0 unspecified atom stereocenters. The summed E-state index contributed by atoms with van der Waals surface area (Å²) in [6.07, 6.45) is 5.72. The predicted octanol–water partition coefficient (Wildman–Crippen LogP) is 2.52. The van der Waals surface area contributed by atoms with Gasteiger partial charge in [0.2, 0.25) is 0 Å². The lowest BCUT2D eigenvalue weighted by Gasteiger charge is -2.24. The van der Waals surface area contributed by atoms with Gasteiger partial charge in [0.05, 0.1) is 0 Å². The van der Waals surface area contributed by atoms with Crippen molar-refractivity contribution >= 4 is 5.82 Å². The molecule has 1 saturated heterocycles. The van der Waals surface area contributed by atoms with E-state index in [4.69, 9.17) is 5.73 Å². The summed E-state index contributed by atoms with van der Waals surface area (Å²) in [5, 5.41) is 0. The molecule has 3 nitrogen and oxygen atoms in total. The minimum atomic E-state index is 0.562. The summed E-state index contributed by atoms with van der Waals surface area (Å²) in [7, 11) is 0. The van der Waals surface area contributed by atoms with Crippen LogP contribution in [0.15, 0.2) is 12.3 Å². The van der Waals surface area contributed by atoms with Crippen LogP contribution in [0.5, 0.6) is 0 Å². The second kappa shape index (κ2) is 4.83. The van der Waals surface area contributed by atoms with Gasteiger partial charge in [-0.2, -0.15) is 0 Å². The SMILES string of the molecule is CCCN1CCC[C@H]1c1cnc(N)c(C)c1. The van der Waals surface area contributed by atoms with E-state index in [0.29, 0.717) is 11.9 Å². The zero-order valence-corrected chi connectivity index (χ0v) is 10.2. The van der Waals surface area contributed by atoms with E-state index < -0.39 is 0 Å². The van der Waals surface area contributed by atoms with Crippen molar-refractivity contribution in [3.63, 3.8) is 0 Å². The maximum absolute atomic E-state index is 5.76. The molecule has 0 aliphatic carbocycles. The van der Waals surface area contributed by atoms with E-state index in [1.54, 1.807) is 0 Å². The van der Waals surface area contributed by atoms with Gasteiger partial charge in [-0.05, 0) is 56.5 Å². The first kappa shape index (κ1) is 11.4. The Labute approximate surface area is 97.7 Å². The van der Waals surface area contributed by atoms with Crippen LogP contribution in [-0.2, 0) is 0 Å². The first-order valence-electron chi connectivity index (χ1n) is 6.18. The average molecular weight is 219 g/mol. The maximum Gasteiger partial charge on any atom is 0.126 e. The van der Waals surface area contributed by atoms with E-state index in [1.165, 1.54) is 37.9 Å². The van der Waals surface area contributed by atoms with E-state index in [9.17, 15) is 0 Å². The monoisotopic (exact) mass is 219 g/mol. The van der Waals surface area contributed by atoms with Gasteiger partial charge < -0.3 is 5.73 Å². The number of aryl methyl sites for hydroxylation is 1. The summed E-state index contributed by atoms with van der Waals surface area (Å²) in [5.74, 6) is 0.656. The first-order valence-corrected chi connectivity index (χ1v) is 6.18. The van der Waals surface area contributed by atoms with Gasteiger partial charge in [0.25, 0.3) is 0 Å².